The van der Waals surface area contributed by atoms with E-state index in [1.807, 2.05) is 18.2 Å². The molecule has 0 atom stereocenters. The molecule has 5 heteroatoms. The number of fused-ring (bicyclic) bond motifs is 1. The molecule has 1 aliphatic rings. The fraction of sp³-hybridized carbons (Fsp3) is 0.250. The second kappa shape index (κ2) is 3.16. The average molecular weight is 226 g/mol. The summed E-state index contributed by atoms with van der Waals surface area (Å²) in [6.07, 6.45) is 5.76. The maximum atomic E-state index is 5.40. The quantitative estimate of drug-likeness (QED) is 0.672. The lowest BCUT2D eigenvalue weighted by molar-refractivity contribution is 0.577. The molecular formula is C12H10N4O. The Kier molecular flexibility index (Phi) is 1.66. The zero-order valence-corrected chi connectivity index (χ0v) is 9.08. The van der Waals surface area contributed by atoms with Crippen molar-refractivity contribution in [3.63, 3.8) is 0 Å². The number of hydrogen-bond donors (Lipinski definition) is 0. The first-order valence-corrected chi connectivity index (χ1v) is 5.67. The average Bonchev–Trinajstić information content (AvgIpc) is 2.92. The maximum absolute atomic E-state index is 5.40. The Balaban J connectivity index is 1.96. The van der Waals surface area contributed by atoms with Gasteiger partial charge < -0.3 is 4.42 Å². The summed E-state index contributed by atoms with van der Waals surface area (Å²) < 4.78 is 7.15. The summed E-state index contributed by atoms with van der Waals surface area (Å²) in [5, 5.41) is 4.51. The second-order valence-electron chi connectivity index (χ2n) is 4.26. The molecule has 1 aliphatic carbocycles. The number of nitrogens with zero attached hydrogens (tertiary/aromatic N) is 4. The van der Waals surface area contributed by atoms with E-state index in [2.05, 4.69) is 15.1 Å². The van der Waals surface area contributed by atoms with Crippen LogP contribution >= 0.6 is 0 Å². The van der Waals surface area contributed by atoms with E-state index in [-0.39, 0.29) is 0 Å². The third-order valence-corrected chi connectivity index (χ3v) is 2.97. The molecule has 0 N–H and O–H groups in total. The van der Waals surface area contributed by atoms with E-state index in [9.17, 15) is 0 Å². The van der Waals surface area contributed by atoms with Crippen molar-refractivity contribution >= 4 is 5.78 Å². The fourth-order valence-corrected chi connectivity index (χ4v) is 1.93. The summed E-state index contributed by atoms with van der Waals surface area (Å²) in [5.74, 6) is 2.85. The number of rotatable bonds is 2. The smallest absolute Gasteiger partial charge is 0.253 e. The minimum atomic E-state index is 0.529. The molecule has 3 heterocycles. The molecule has 0 unspecified atom stereocenters. The Bertz CT molecular complexity index is 667. The molecule has 0 bridgehead atoms. The third kappa shape index (κ3) is 1.35. The zero-order valence-electron chi connectivity index (χ0n) is 9.08. The van der Waals surface area contributed by atoms with Crippen LogP contribution in [0.1, 0.15) is 24.6 Å². The van der Waals surface area contributed by atoms with Crippen molar-refractivity contribution in [1.29, 1.82) is 0 Å². The molecule has 0 amide bonds. The van der Waals surface area contributed by atoms with Crippen LogP contribution in [0.3, 0.4) is 0 Å². The zero-order chi connectivity index (χ0) is 11.2. The van der Waals surface area contributed by atoms with E-state index in [4.69, 9.17) is 4.42 Å². The number of furan rings is 1. The minimum absolute atomic E-state index is 0.529. The SMILES string of the molecule is c1coc(-c2ccnc3nc(C4CC4)nn23)c1. The molecule has 3 aromatic heterocycles. The van der Waals surface area contributed by atoms with Crippen LogP contribution in [0.25, 0.3) is 17.2 Å². The van der Waals surface area contributed by atoms with E-state index in [1.165, 1.54) is 12.8 Å². The largest absolute Gasteiger partial charge is 0.463 e. The van der Waals surface area contributed by atoms with Gasteiger partial charge in [0.2, 0.25) is 0 Å². The van der Waals surface area contributed by atoms with Crippen LogP contribution in [0.4, 0.5) is 0 Å². The fourth-order valence-electron chi connectivity index (χ4n) is 1.93. The van der Waals surface area contributed by atoms with Crippen molar-refractivity contribution in [1.82, 2.24) is 19.6 Å². The monoisotopic (exact) mass is 226 g/mol. The van der Waals surface area contributed by atoms with E-state index < -0.39 is 0 Å². The lowest BCUT2D eigenvalue weighted by Crippen LogP contribution is -1.95. The minimum Gasteiger partial charge on any atom is -0.463 e. The maximum Gasteiger partial charge on any atom is 0.253 e. The normalized spacial score (nSPS) is 15.5. The van der Waals surface area contributed by atoms with Crippen LogP contribution in [0, 0.1) is 0 Å². The predicted molar refractivity (Wildman–Crippen MR) is 60.5 cm³/mol. The number of aromatic nitrogens is 4. The van der Waals surface area contributed by atoms with Crippen LogP contribution in [0.2, 0.25) is 0 Å². The Hall–Kier alpha value is -2.17. The summed E-state index contributed by atoms with van der Waals surface area (Å²) in [4.78, 5) is 8.67. The van der Waals surface area contributed by atoms with Gasteiger partial charge in [0.1, 0.15) is 5.69 Å². The summed E-state index contributed by atoms with van der Waals surface area (Å²) in [7, 11) is 0. The van der Waals surface area contributed by atoms with Crippen molar-refractivity contribution in [2.75, 3.05) is 0 Å². The molecule has 0 spiro atoms. The molecule has 4 rings (SSSR count). The van der Waals surface area contributed by atoms with Gasteiger partial charge in [-0.2, -0.15) is 9.50 Å². The topological polar surface area (TPSA) is 56.2 Å². The second-order valence-corrected chi connectivity index (χ2v) is 4.26. The van der Waals surface area contributed by atoms with Crippen LogP contribution in [-0.4, -0.2) is 19.6 Å². The highest BCUT2D eigenvalue weighted by molar-refractivity contribution is 5.54. The predicted octanol–water partition coefficient (Wildman–Crippen LogP) is 2.26. The van der Waals surface area contributed by atoms with Gasteiger partial charge in [0.15, 0.2) is 11.6 Å². The van der Waals surface area contributed by atoms with Crippen molar-refractivity contribution in [3.8, 4) is 11.5 Å². The molecule has 1 saturated carbocycles. The number of hydrogen-bond acceptors (Lipinski definition) is 4. The first kappa shape index (κ1) is 8.92. The van der Waals surface area contributed by atoms with Crippen LogP contribution in [0.5, 0.6) is 0 Å². The van der Waals surface area contributed by atoms with Gasteiger partial charge >= 0.3 is 0 Å². The highest BCUT2D eigenvalue weighted by Gasteiger charge is 2.28. The summed E-state index contributed by atoms with van der Waals surface area (Å²) in [6, 6.07) is 5.66. The lowest BCUT2D eigenvalue weighted by atomic mass is 10.3. The summed E-state index contributed by atoms with van der Waals surface area (Å²) >= 11 is 0. The van der Waals surface area contributed by atoms with Gasteiger partial charge in [-0.05, 0) is 31.0 Å². The lowest BCUT2D eigenvalue weighted by Gasteiger charge is -1.98. The first-order valence-electron chi connectivity index (χ1n) is 5.67. The van der Waals surface area contributed by atoms with E-state index >= 15 is 0 Å². The standard InChI is InChI=1S/C12H10N4O/c1-2-10(17-7-1)9-5-6-13-12-14-11(8-3-4-8)15-16(9)12/h1-2,5-8H,3-4H2. The van der Waals surface area contributed by atoms with Gasteiger partial charge in [-0.1, -0.05) is 0 Å². The van der Waals surface area contributed by atoms with Crippen molar-refractivity contribution in [2.24, 2.45) is 0 Å². The Morgan fingerprint density at radius 1 is 1.29 bits per heavy atom. The van der Waals surface area contributed by atoms with Gasteiger partial charge in [-0.15, -0.1) is 5.10 Å². The van der Waals surface area contributed by atoms with Gasteiger partial charge in [-0.25, -0.2) is 4.98 Å². The van der Waals surface area contributed by atoms with Gasteiger partial charge in [0.05, 0.1) is 6.26 Å². The molecule has 3 aromatic rings. The summed E-state index contributed by atoms with van der Waals surface area (Å²) in [6.45, 7) is 0. The summed E-state index contributed by atoms with van der Waals surface area (Å²) in [5.41, 5.74) is 0.888. The van der Waals surface area contributed by atoms with E-state index in [1.54, 1.807) is 17.0 Å². The molecule has 1 fully saturated rings. The molecule has 5 nitrogen and oxygen atoms in total. The van der Waals surface area contributed by atoms with Gasteiger partial charge in [0.25, 0.3) is 5.78 Å². The molecule has 0 aliphatic heterocycles. The van der Waals surface area contributed by atoms with Crippen molar-refractivity contribution in [2.45, 2.75) is 18.8 Å². The molecule has 0 radical (unpaired) electrons. The van der Waals surface area contributed by atoms with Crippen LogP contribution in [-0.2, 0) is 0 Å². The Morgan fingerprint density at radius 2 is 2.24 bits per heavy atom. The molecule has 84 valence electrons. The molecule has 17 heavy (non-hydrogen) atoms. The van der Waals surface area contributed by atoms with Crippen molar-refractivity contribution in [3.05, 3.63) is 36.5 Å². The van der Waals surface area contributed by atoms with Crippen molar-refractivity contribution < 1.29 is 4.42 Å². The highest BCUT2D eigenvalue weighted by atomic mass is 16.3. The van der Waals surface area contributed by atoms with Gasteiger partial charge in [-0.3, -0.25) is 0 Å². The third-order valence-electron chi connectivity index (χ3n) is 2.97. The van der Waals surface area contributed by atoms with Crippen LogP contribution < -0.4 is 0 Å². The van der Waals surface area contributed by atoms with Crippen LogP contribution in [0.15, 0.2) is 35.1 Å². The van der Waals surface area contributed by atoms with E-state index in [0.29, 0.717) is 11.7 Å². The van der Waals surface area contributed by atoms with E-state index in [0.717, 1.165) is 17.3 Å². The highest BCUT2D eigenvalue weighted by Crippen LogP contribution is 2.38. The first-order chi connectivity index (χ1) is 8.42. The Morgan fingerprint density at radius 3 is 3.00 bits per heavy atom. The molecule has 0 aromatic carbocycles. The molecule has 0 saturated heterocycles. The molecular weight excluding hydrogens is 216 g/mol. The van der Waals surface area contributed by atoms with Gasteiger partial charge in [0, 0.05) is 12.1 Å². The Labute approximate surface area is 97.1 Å².